The topological polar surface area (TPSA) is 50.4 Å². The normalized spacial score (nSPS) is 8.45. The largest absolute Gasteiger partial charge is 0.472 e. The highest BCUT2D eigenvalue weighted by Gasteiger charge is 1.95. The molecule has 3 nitrogen and oxygen atoms in total. The molecule has 0 unspecified atom stereocenters. The molecule has 1 heterocycles. The van der Waals surface area contributed by atoms with Crippen molar-refractivity contribution in [2.24, 2.45) is 0 Å². The van der Waals surface area contributed by atoms with Crippen LogP contribution < -0.4 is 0 Å². The number of hydrogen-bond donors (Lipinski definition) is 1. The minimum absolute atomic E-state index is 0.618. The molecule has 0 aliphatic rings. The molecule has 0 aliphatic carbocycles. The lowest BCUT2D eigenvalue weighted by molar-refractivity contribution is -0.130. The van der Waals surface area contributed by atoms with E-state index in [9.17, 15) is 4.79 Å². The minimum atomic E-state index is -1.13. The van der Waals surface area contributed by atoms with Crippen molar-refractivity contribution < 1.29 is 14.3 Å². The summed E-state index contributed by atoms with van der Waals surface area (Å²) in [4.78, 5) is 10.0. The molecule has 0 saturated heterocycles. The average molecular weight is 150 g/mol. The van der Waals surface area contributed by atoms with Gasteiger partial charge in [-0.25, -0.2) is 4.79 Å². The van der Waals surface area contributed by atoms with Crippen LogP contribution in [0.15, 0.2) is 16.9 Å². The number of furan rings is 1. The first-order valence-corrected chi connectivity index (χ1v) is 2.98. The van der Waals surface area contributed by atoms with Crippen LogP contribution >= 0.6 is 0 Å². The SMILES string of the molecule is Cc1cocc1C#CC(=O)O. The minimum Gasteiger partial charge on any atom is -0.472 e. The van der Waals surface area contributed by atoms with E-state index in [1.54, 1.807) is 6.92 Å². The van der Waals surface area contributed by atoms with Gasteiger partial charge in [-0.3, -0.25) is 0 Å². The second-order valence-corrected chi connectivity index (χ2v) is 2.02. The van der Waals surface area contributed by atoms with Gasteiger partial charge in [-0.15, -0.1) is 0 Å². The van der Waals surface area contributed by atoms with Gasteiger partial charge < -0.3 is 9.52 Å². The summed E-state index contributed by atoms with van der Waals surface area (Å²) in [7, 11) is 0. The maximum absolute atomic E-state index is 10.0. The van der Waals surface area contributed by atoms with Crippen molar-refractivity contribution in [3.63, 3.8) is 0 Å². The molecule has 0 fully saturated rings. The summed E-state index contributed by atoms with van der Waals surface area (Å²) in [6.07, 6.45) is 2.94. The first-order chi connectivity index (χ1) is 5.20. The van der Waals surface area contributed by atoms with Crippen molar-refractivity contribution in [1.29, 1.82) is 0 Å². The molecule has 1 rings (SSSR count). The molecule has 0 aromatic carbocycles. The van der Waals surface area contributed by atoms with Crippen molar-refractivity contribution in [3.05, 3.63) is 23.7 Å². The Bertz CT molecular complexity index is 325. The molecule has 1 N–H and O–H groups in total. The van der Waals surface area contributed by atoms with Gasteiger partial charge in [-0.05, 0) is 6.92 Å². The van der Waals surface area contributed by atoms with Gasteiger partial charge in [0.25, 0.3) is 0 Å². The van der Waals surface area contributed by atoms with Crippen LogP contribution in [0.25, 0.3) is 0 Å². The van der Waals surface area contributed by atoms with E-state index in [1.165, 1.54) is 12.5 Å². The molecule has 11 heavy (non-hydrogen) atoms. The number of carboxylic acid groups (broad SMARTS) is 1. The van der Waals surface area contributed by atoms with Gasteiger partial charge >= 0.3 is 5.97 Å². The molecule has 3 heteroatoms. The highest BCUT2D eigenvalue weighted by molar-refractivity contribution is 5.87. The third-order valence-corrected chi connectivity index (χ3v) is 1.16. The van der Waals surface area contributed by atoms with Crippen LogP contribution in [0.4, 0.5) is 0 Å². The number of carbonyl (C=O) groups is 1. The fraction of sp³-hybridized carbons (Fsp3) is 0.125. The lowest BCUT2D eigenvalue weighted by Crippen LogP contribution is -1.86. The fourth-order valence-electron chi connectivity index (χ4n) is 0.609. The van der Waals surface area contributed by atoms with Crippen LogP contribution in [-0.2, 0) is 4.79 Å². The zero-order chi connectivity index (χ0) is 8.27. The van der Waals surface area contributed by atoms with Crippen LogP contribution in [0.1, 0.15) is 11.1 Å². The summed E-state index contributed by atoms with van der Waals surface area (Å²) >= 11 is 0. The highest BCUT2D eigenvalue weighted by atomic mass is 16.4. The zero-order valence-electron chi connectivity index (χ0n) is 5.92. The van der Waals surface area contributed by atoms with Crippen molar-refractivity contribution in [1.82, 2.24) is 0 Å². The maximum atomic E-state index is 10.0. The summed E-state index contributed by atoms with van der Waals surface area (Å²) in [5.74, 6) is 3.31. The average Bonchev–Trinajstić information content (AvgIpc) is 2.31. The van der Waals surface area contributed by atoms with Crippen LogP contribution in [0.3, 0.4) is 0 Å². The molecule has 0 aliphatic heterocycles. The molecule has 0 radical (unpaired) electrons. The Morgan fingerprint density at radius 3 is 2.82 bits per heavy atom. The highest BCUT2D eigenvalue weighted by Crippen LogP contribution is 2.05. The van der Waals surface area contributed by atoms with E-state index in [1.807, 2.05) is 5.92 Å². The van der Waals surface area contributed by atoms with Gasteiger partial charge in [0.05, 0.1) is 11.8 Å². The second-order valence-electron chi connectivity index (χ2n) is 2.02. The van der Waals surface area contributed by atoms with Gasteiger partial charge in [-0.1, -0.05) is 5.92 Å². The monoisotopic (exact) mass is 150 g/mol. The number of carboxylic acids is 1. The third kappa shape index (κ3) is 1.87. The van der Waals surface area contributed by atoms with Gasteiger partial charge in [0.1, 0.15) is 6.26 Å². The van der Waals surface area contributed by atoms with Crippen LogP contribution in [0.2, 0.25) is 0 Å². The van der Waals surface area contributed by atoms with Crippen molar-refractivity contribution in [2.45, 2.75) is 6.92 Å². The smallest absolute Gasteiger partial charge is 0.382 e. The van der Waals surface area contributed by atoms with E-state index in [-0.39, 0.29) is 0 Å². The number of hydrogen-bond acceptors (Lipinski definition) is 2. The van der Waals surface area contributed by atoms with Gasteiger partial charge in [0.2, 0.25) is 0 Å². The molecule has 0 saturated carbocycles. The van der Waals surface area contributed by atoms with E-state index in [2.05, 4.69) is 5.92 Å². The fourth-order valence-corrected chi connectivity index (χ4v) is 0.609. The molecule has 56 valence electrons. The van der Waals surface area contributed by atoms with Gasteiger partial charge in [-0.2, -0.15) is 0 Å². The molecule has 0 bridgehead atoms. The first kappa shape index (κ1) is 7.42. The number of aryl methyl sites for hydroxylation is 1. The number of rotatable bonds is 0. The predicted octanol–water partition coefficient (Wildman–Crippen LogP) is 1.02. The summed E-state index contributed by atoms with van der Waals surface area (Å²) in [6.45, 7) is 1.80. The molecular formula is C8H6O3. The van der Waals surface area contributed by atoms with Gasteiger partial charge in [0, 0.05) is 11.5 Å². The summed E-state index contributed by atoms with van der Waals surface area (Å²) in [5, 5.41) is 8.20. The molecule has 0 amide bonds. The Kier molecular flexibility index (Phi) is 1.98. The Morgan fingerprint density at radius 1 is 1.64 bits per heavy atom. The molecule has 0 spiro atoms. The first-order valence-electron chi connectivity index (χ1n) is 2.98. The van der Waals surface area contributed by atoms with Crippen molar-refractivity contribution in [2.75, 3.05) is 0 Å². The Hall–Kier alpha value is -1.69. The van der Waals surface area contributed by atoms with E-state index in [4.69, 9.17) is 9.52 Å². The lowest BCUT2D eigenvalue weighted by atomic mass is 10.2. The van der Waals surface area contributed by atoms with E-state index in [0.29, 0.717) is 5.56 Å². The molecule has 1 aromatic rings. The van der Waals surface area contributed by atoms with Crippen LogP contribution in [0, 0.1) is 18.8 Å². The second kappa shape index (κ2) is 2.93. The standard InChI is InChI=1S/C8H6O3/c1-6-4-11-5-7(6)2-3-8(9)10/h4-5H,1H3,(H,9,10). The third-order valence-electron chi connectivity index (χ3n) is 1.16. The van der Waals surface area contributed by atoms with Crippen molar-refractivity contribution >= 4 is 5.97 Å². The van der Waals surface area contributed by atoms with Crippen molar-refractivity contribution in [3.8, 4) is 11.8 Å². The molecular weight excluding hydrogens is 144 g/mol. The summed E-state index contributed by atoms with van der Waals surface area (Å²) < 4.78 is 4.78. The summed E-state index contributed by atoms with van der Waals surface area (Å²) in [5.41, 5.74) is 1.46. The Morgan fingerprint density at radius 2 is 2.36 bits per heavy atom. The quantitative estimate of drug-likeness (QED) is 0.562. The lowest BCUT2D eigenvalue weighted by Gasteiger charge is -1.79. The Labute approximate surface area is 63.6 Å². The van der Waals surface area contributed by atoms with E-state index < -0.39 is 5.97 Å². The van der Waals surface area contributed by atoms with Gasteiger partial charge in [0.15, 0.2) is 0 Å². The Balaban J connectivity index is 2.90. The molecule has 0 atom stereocenters. The van der Waals surface area contributed by atoms with Crippen LogP contribution in [0.5, 0.6) is 0 Å². The number of aliphatic carboxylic acids is 1. The van der Waals surface area contributed by atoms with E-state index in [0.717, 1.165) is 5.56 Å². The van der Waals surface area contributed by atoms with Crippen LogP contribution in [-0.4, -0.2) is 11.1 Å². The predicted molar refractivity (Wildman–Crippen MR) is 38.0 cm³/mol. The zero-order valence-corrected chi connectivity index (χ0v) is 5.92. The molecule has 1 aromatic heterocycles. The summed E-state index contributed by atoms with van der Waals surface area (Å²) in [6, 6.07) is 0. The van der Waals surface area contributed by atoms with E-state index >= 15 is 0 Å². The maximum Gasteiger partial charge on any atom is 0.382 e.